The molecule has 1 aliphatic heterocycles. The molecule has 1 fully saturated rings. The predicted octanol–water partition coefficient (Wildman–Crippen LogP) is 7.08. The van der Waals surface area contributed by atoms with Crippen molar-refractivity contribution in [2.24, 2.45) is 5.92 Å². The molecule has 5 rings (SSSR count). The lowest BCUT2D eigenvalue weighted by molar-refractivity contribution is -0.137. The molecule has 1 saturated heterocycles. The van der Waals surface area contributed by atoms with Gasteiger partial charge in [0.25, 0.3) is 5.56 Å². The summed E-state index contributed by atoms with van der Waals surface area (Å²) in [5, 5.41) is 0.291. The second kappa shape index (κ2) is 11.4. The van der Waals surface area contributed by atoms with Crippen LogP contribution in [0.1, 0.15) is 25.3 Å². The molecule has 1 unspecified atom stereocenters. The molecule has 1 atom stereocenters. The van der Waals surface area contributed by atoms with E-state index in [2.05, 4.69) is 16.6 Å². The van der Waals surface area contributed by atoms with Gasteiger partial charge in [0.1, 0.15) is 11.6 Å². The standard InChI is InChI=1S/C30H28F5N3O2/c1-2-37-14-4-5-19(17-37)18-38-27(20-8-11-24(12-9-20)40-29(31)32)36-26-13-10-22(16-25(26)28(38)39)21-6-3-7-23(15-21)30(33,34)35/h3,6-13,15-16,19,29H,2,4-5,14,17-18H2,1H3. The first-order chi connectivity index (χ1) is 19.1. The molecule has 10 heteroatoms. The molecule has 2 heterocycles. The van der Waals surface area contributed by atoms with Gasteiger partial charge in [-0.1, -0.05) is 25.1 Å². The lowest BCUT2D eigenvalue weighted by Gasteiger charge is -2.32. The van der Waals surface area contributed by atoms with Crippen molar-refractivity contribution in [3.05, 3.63) is 82.6 Å². The van der Waals surface area contributed by atoms with E-state index in [-0.39, 0.29) is 17.2 Å². The van der Waals surface area contributed by atoms with Gasteiger partial charge in [-0.3, -0.25) is 9.36 Å². The van der Waals surface area contributed by atoms with E-state index in [0.29, 0.717) is 40.0 Å². The number of aromatic nitrogens is 2. The van der Waals surface area contributed by atoms with Gasteiger partial charge in [0.05, 0.1) is 16.5 Å². The summed E-state index contributed by atoms with van der Waals surface area (Å²) >= 11 is 0. The minimum Gasteiger partial charge on any atom is -0.435 e. The monoisotopic (exact) mass is 557 g/mol. The number of fused-ring (bicyclic) bond motifs is 1. The minimum absolute atomic E-state index is 0.00923. The molecule has 0 amide bonds. The zero-order chi connectivity index (χ0) is 28.4. The number of benzene rings is 3. The number of alkyl halides is 5. The van der Waals surface area contributed by atoms with E-state index in [1.807, 2.05) is 0 Å². The number of ether oxygens (including phenoxy) is 1. The number of rotatable bonds is 7. The van der Waals surface area contributed by atoms with Crippen LogP contribution in [0.25, 0.3) is 33.4 Å². The molecular weight excluding hydrogens is 529 g/mol. The maximum Gasteiger partial charge on any atom is 0.416 e. The molecule has 4 aromatic rings. The first-order valence-electron chi connectivity index (χ1n) is 13.1. The molecule has 0 bridgehead atoms. The van der Waals surface area contributed by atoms with Gasteiger partial charge in [0.15, 0.2) is 0 Å². The third-order valence-corrected chi connectivity index (χ3v) is 7.31. The molecule has 1 aromatic heterocycles. The van der Waals surface area contributed by atoms with Crippen LogP contribution in [0.5, 0.6) is 5.75 Å². The Kier molecular flexibility index (Phi) is 7.89. The van der Waals surface area contributed by atoms with E-state index in [0.717, 1.165) is 44.6 Å². The zero-order valence-corrected chi connectivity index (χ0v) is 21.8. The molecule has 0 saturated carbocycles. The average molecular weight is 558 g/mol. The SMILES string of the molecule is CCN1CCCC(Cn2c(-c3ccc(OC(F)F)cc3)nc3ccc(-c4cccc(C(F)(F)F)c4)cc3c2=O)C1. The topological polar surface area (TPSA) is 47.4 Å². The summed E-state index contributed by atoms with van der Waals surface area (Å²) in [5.74, 6) is 0.573. The summed E-state index contributed by atoms with van der Waals surface area (Å²) < 4.78 is 71.3. The Morgan fingerprint density at radius 2 is 1.73 bits per heavy atom. The second-order valence-corrected chi connectivity index (χ2v) is 9.97. The highest BCUT2D eigenvalue weighted by molar-refractivity contribution is 5.85. The molecule has 5 nitrogen and oxygen atoms in total. The maximum absolute atomic E-state index is 14.0. The van der Waals surface area contributed by atoms with Crippen LogP contribution in [0.15, 0.2) is 71.5 Å². The number of halogens is 5. The van der Waals surface area contributed by atoms with E-state index in [1.54, 1.807) is 41.0 Å². The van der Waals surface area contributed by atoms with Crippen LogP contribution in [0.4, 0.5) is 22.0 Å². The van der Waals surface area contributed by atoms with Gasteiger partial charge in [0, 0.05) is 18.7 Å². The van der Waals surface area contributed by atoms with Crippen molar-refractivity contribution < 1.29 is 26.7 Å². The van der Waals surface area contributed by atoms with Crippen molar-refractivity contribution >= 4 is 10.9 Å². The van der Waals surface area contributed by atoms with Crippen LogP contribution < -0.4 is 10.3 Å². The van der Waals surface area contributed by atoms with Gasteiger partial charge in [-0.2, -0.15) is 22.0 Å². The highest BCUT2D eigenvalue weighted by atomic mass is 19.4. The fourth-order valence-corrected chi connectivity index (χ4v) is 5.30. The van der Waals surface area contributed by atoms with Crippen molar-refractivity contribution in [3.63, 3.8) is 0 Å². The summed E-state index contributed by atoms with van der Waals surface area (Å²) in [7, 11) is 0. The summed E-state index contributed by atoms with van der Waals surface area (Å²) in [4.78, 5) is 21.1. The Bertz CT molecular complexity index is 1550. The Labute approximate surface area is 227 Å². The molecule has 40 heavy (non-hydrogen) atoms. The smallest absolute Gasteiger partial charge is 0.416 e. The van der Waals surface area contributed by atoms with Crippen molar-refractivity contribution in [1.82, 2.24) is 14.5 Å². The van der Waals surface area contributed by atoms with Gasteiger partial charge < -0.3 is 9.64 Å². The zero-order valence-electron chi connectivity index (χ0n) is 21.8. The van der Waals surface area contributed by atoms with Crippen LogP contribution in [0, 0.1) is 5.92 Å². The van der Waals surface area contributed by atoms with Crippen LogP contribution in [-0.4, -0.2) is 40.7 Å². The summed E-state index contributed by atoms with van der Waals surface area (Å²) in [5.41, 5.74) is 0.681. The molecule has 0 N–H and O–H groups in total. The number of likely N-dealkylation sites (tertiary alicyclic amines) is 1. The van der Waals surface area contributed by atoms with E-state index >= 15 is 0 Å². The van der Waals surface area contributed by atoms with Gasteiger partial charge in [-0.05, 0) is 91.5 Å². The van der Waals surface area contributed by atoms with Gasteiger partial charge in [-0.25, -0.2) is 4.98 Å². The highest BCUT2D eigenvalue weighted by Gasteiger charge is 2.30. The van der Waals surface area contributed by atoms with E-state index < -0.39 is 18.4 Å². The Balaban J connectivity index is 1.61. The lowest BCUT2D eigenvalue weighted by Crippen LogP contribution is -2.38. The number of hydrogen-bond acceptors (Lipinski definition) is 4. The van der Waals surface area contributed by atoms with E-state index in [4.69, 9.17) is 4.98 Å². The van der Waals surface area contributed by atoms with Crippen LogP contribution >= 0.6 is 0 Å². The lowest BCUT2D eigenvalue weighted by atomic mass is 9.97. The molecule has 0 radical (unpaired) electrons. The quantitative estimate of drug-likeness (QED) is 0.228. The summed E-state index contributed by atoms with van der Waals surface area (Å²) in [6, 6.07) is 15.8. The maximum atomic E-state index is 14.0. The second-order valence-electron chi connectivity index (χ2n) is 9.97. The fraction of sp³-hybridized carbons (Fsp3) is 0.333. The Hall–Kier alpha value is -3.79. The summed E-state index contributed by atoms with van der Waals surface area (Å²) in [6.07, 6.45) is -2.55. The van der Waals surface area contributed by atoms with Crippen LogP contribution in [-0.2, 0) is 12.7 Å². The first kappa shape index (κ1) is 27.8. The van der Waals surface area contributed by atoms with Gasteiger partial charge >= 0.3 is 12.8 Å². The van der Waals surface area contributed by atoms with Gasteiger partial charge in [-0.15, -0.1) is 0 Å². The van der Waals surface area contributed by atoms with Crippen molar-refractivity contribution in [1.29, 1.82) is 0 Å². The first-order valence-corrected chi connectivity index (χ1v) is 13.1. The highest BCUT2D eigenvalue weighted by Crippen LogP contribution is 2.33. The summed E-state index contributed by atoms with van der Waals surface area (Å²) in [6.45, 7) is 2.26. The minimum atomic E-state index is -4.49. The third-order valence-electron chi connectivity index (χ3n) is 7.31. The normalized spacial score (nSPS) is 16.5. The van der Waals surface area contributed by atoms with Gasteiger partial charge in [0.2, 0.25) is 0 Å². The molecule has 1 aliphatic rings. The number of nitrogens with zero attached hydrogens (tertiary/aromatic N) is 3. The number of hydrogen-bond donors (Lipinski definition) is 0. The molecule has 0 aliphatic carbocycles. The molecular formula is C30H28F5N3O2. The van der Waals surface area contributed by atoms with Crippen LogP contribution in [0.3, 0.4) is 0 Å². The number of piperidine rings is 1. The Morgan fingerprint density at radius 1 is 1.00 bits per heavy atom. The third kappa shape index (κ3) is 6.01. The Morgan fingerprint density at radius 3 is 2.42 bits per heavy atom. The van der Waals surface area contributed by atoms with Crippen LogP contribution in [0.2, 0.25) is 0 Å². The fourth-order valence-electron chi connectivity index (χ4n) is 5.30. The van der Waals surface area contributed by atoms with Crippen molar-refractivity contribution in [3.8, 4) is 28.3 Å². The predicted molar refractivity (Wildman–Crippen MR) is 143 cm³/mol. The molecule has 3 aromatic carbocycles. The van der Waals surface area contributed by atoms with Crippen molar-refractivity contribution in [2.45, 2.75) is 39.1 Å². The van der Waals surface area contributed by atoms with E-state index in [9.17, 15) is 26.7 Å². The largest absolute Gasteiger partial charge is 0.435 e. The van der Waals surface area contributed by atoms with E-state index in [1.165, 1.54) is 18.2 Å². The molecule has 210 valence electrons. The van der Waals surface area contributed by atoms with Crippen molar-refractivity contribution in [2.75, 3.05) is 19.6 Å². The molecule has 0 spiro atoms. The average Bonchev–Trinajstić information content (AvgIpc) is 2.94.